The molecule has 0 bridgehead atoms. The van der Waals surface area contributed by atoms with Gasteiger partial charge in [0.2, 0.25) is 5.91 Å². The Hall–Kier alpha value is -3.62. The molecule has 0 saturated heterocycles. The number of nitrogens with zero attached hydrogens (tertiary/aromatic N) is 1. The maximum atomic E-state index is 12.2. The number of rotatable bonds is 7. The van der Waals surface area contributed by atoms with Crippen LogP contribution in [0.2, 0.25) is 0 Å². The van der Waals surface area contributed by atoms with Crippen molar-refractivity contribution in [2.24, 2.45) is 0 Å². The monoisotopic (exact) mass is 387 g/mol. The molecule has 0 unspecified atom stereocenters. The number of likely N-dealkylation sites (N-methyl/N-ethyl adjacent to an activating group) is 2. The molecule has 0 atom stereocenters. The summed E-state index contributed by atoms with van der Waals surface area (Å²) in [5.74, 6) is -1.90. The van der Waals surface area contributed by atoms with Gasteiger partial charge in [-0.25, -0.2) is 4.79 Å². The number of carbonyl (C=O) groups is 4. The largest absolute Gasteiger partial charge is 0.459 e. The fourth-order valence-electron chi connectivity index (χ4n) is 2.18. The second kappa shape index (κ2) is 9.36. The molecule has 0 fully saturated rings. The fraction of sp³-hybridized carbons (Fsp3) is 0.263. The molecule has 2 rings (SSSR count). The minimum absolute atomic E-state index is 0.136. The summed E-state index contributed by atoms with van der Waals surface area (Å²) in [5, 5.41) is 5.06. The molecule has 0 aliphatic heterocycles. The Morgan fingerprint density at radius 2 is 1.93 bits per heavy atom. The molecule has 28 heavy (non-hydrogen) atoms. The lowest BCUT2D eigenvalue weighted by molar-refractivity contribution is -0.137. The van der Waals surface area contributed by atoms with Crippen molar-refractivity contribution in [2.45, 2.75) is 6.92 Å². The number of aryl methyl sites for hydroxylation is 1. The highest BCUT2D eigenvalue weighted by Gasteiger charge is 2.17. The number of benzene rings is 1. The van der Waals surface area contributed by atoms with E-state index in [-0.39, 0.29) is 23.8 Å². The lowest BCUT2D eigenvalue weighted by atomic mass is 10.1. The molecule has 0 radical (unpaired) electrons. The average molecular weight is 387 g/mol. The van der Waals surface area contributed by atoms with Gasteiger partial charge in [-0.05, 0) is 36.8 Å². The van der Waals surface area contributed by atoms with Crippen LogP contribution in [0.25, 0.3) is 0 Å². The topological polar surface area (TPSA) is 118 Å². The molecule has 0 saturated carbocycles. The molecule has 148 valence electrons. The molecule has 2 aromatic rings. The minimum Gasteiger partial charge on any atom is -0.459 e. The molecular weight excluding hydrogens is 366 g/mol. The van der Waals surface area contributed by atoms with E-state index in [2.05, 4.69) is 10.6 Å². The highest BCUT2D eigenvalue weighted by molar-refractivity contribution is 6.03. The molecule has 0 spiro atoms. The van der Waals surface area contributed by atoms with Crippen LogP contribution in [0.4, 0.5) is 5.69 Å². The van der Waals surface area contributed by atoms with Crippen LogP contribution in [0.1, 0.15) is 26.5 Å². The van der Waals surface area contributed by atoms with Crippen LogP contribution < -0.4 is 10.6 Å². The van der Waals surface area contributed by atoms with Crippen molar-refractivity contribution in [1.29, 1.82) is 0 Å². The van der Waals surface area contributed by atoms with Crippen LogP contribution in [0.3, 0.4) is 0 Å². The predicted molar refractivity (Wildman–Crippen MR) is 99.8 cm³/mol. The number of carbonyl (C=O) groups excluding carboxylic acids is 4. The molecule has 1 aromatic heterocycles. The SMILES string of the molecule is CNC(=O)CN(C)C(=O)COC(=O)c1ccc(C)c(NC(=O)c2ccco2)c1. The summed E-state index contributed by atoms with van der Waals surface area (Å²) < 4.78 is 10.0. The quantitative estimate of drug-likeness (QED) is 0.690. The van der Waals surface area contributed by atoms with Gasteiger partial charge in [-0.15, -0.1) is 0 Å². The van der Waals surface area contributed by atoms with E-state index in [0.717, 1.165) is 10.5 Å². The zero-order valence-corrected chi connectivity index (χ0v) is 15.8. The highest BCUT2D eigenvalue weighted by Crippen LogP contribution is 2.19. The number of furan rings is 1. The summed E-state index contributed by atoms with van der Waals surface area (Å²) >= 11 is 0. The standard InChI is InChI=1S/C19H21N3O6/c1-12-6-7-13(9-14(12)21-18(25)15-5-4-8-27-15)19(26)28-11-17(24)22(3)10-16(23)20-2/h4-9H,10-11H2,1-3H3,(H,20,23)(H,21,25). The molecule has 0 aliphatic carbocycles. The Bertz CT molecular complexity index is 876. The Balaban J connectivity index is 1.99. The Kier molecular flexibility index (Phi) is 6.91. The van der Waals surface area contributed by atoms with Gasteiger partial charge in [0.25, 0.3) is 11.8 Å². The number of hydrogen-bond acceptors (Lipinski definition) is 6. The van der Waals surface area contributed by atoms with Gasteiger partial charge < -0.3 is 24.7 Å². The van der Waals surface area contributed by atoms with E-state index >= 15 is 0 Å². The van der Waals surface area contributed by atoms with Crippen LogP contribution in [-0.2, 0) is 14.3 Å². The maximum absolute atomic E-state index is 12.2. The zero-order valence-electron chi connectivity index (χ0n) is 15.8. The number of ether oxygens (including phenoxy) is 1. The van der Waals surface area contributed by atoms with E-state index < -0.39 is 24.4 Å². The van der Waals surface area contributed by atoms with Crippen LogP contribution in [0.5, 0.6) is 0 Å². The van der Waals surface area contributed by atoms with Crippen LogP contribution in [-0.4, -0.2) is 55.8 Å². The van der Waals surface area contributed by atoms with Gasteiger partial charge in [0, 0.05) is 19.8 Å². The van der Waals surface area contributed by atoms with E-state index in [1.807, 2.05) is 0 Å². The molecule has 9 nitrogen and oxygen atoms in total. The van der Waals surface area contributed by atoms with Crippen LogP contribution in [0, 0.1) is 6.92 Å². The van der Waals surface area contributed by atoms with Crippen molar-refractivity contribution in [3.8, 4) is 0 Å². The van der Waals surface area contributed by atoms with Gasteiger partial charge in [-0.2, -0.15) is 0 Å². The smallest absolute Gasteiger partial charge is 0.338 e. The summed E-state index contributed by atoms with van der Waals surface area (Å²) in [6.45, 7) is 1.12. The minimum atomic E-state index is -0.727. The Morgan fingerprint density at radius 3 is 2.57 bits per heavy atom. The second-order valence-corrected chi connectivity index (χ2v) is 5.96. The van der Waals surface area contributed by atoms with E-state index in [1.54, 1.807) is 19.1 Å². The lowest BCUT2D eigenvalue weighted by Crippen LogP contribution is -2.39. The van der Waals surface area contributed by atoms with Gasteiger partial charge >= 0.3 is 5.97 Å². The summed E-state index contributed by atoms with van der Waals surface area (Å²) in [4.78, 5) is 48.7. The summed E-state index contributed by atoms with van der Waals surface area (Å²) in [7, 11) is 2.89. The third-order valence-electron chi connectivity index (χ3n) is 3.88. The lowest BCUT2D eigenvalue weighted by Gasteiger charge is -2.16. The zero-order chi connectivity index (χ0) is 20.7. The average Bonchev–Trinajstić information content (AvgIpc) is 3.22. The molecule has 3 amide bonds. The normalized spacial score (nSPS) is 10.1. The first-order chi connectivity index (χ1) is 13.3. The van der Waals surface area contributed by atoms with Gasteiger partial charge in [-0.3, -0.25) is 14.4 Å². The first-order valence-corrected chi connectivity index (χ1v) is 8.39. The first-order valence-electron chi connectivity index (χ1n) is 8.39. The van der Waals surface area contributed by atoms with Crippen molar-refractivity contribution in [2.75, 3.05) is 32.6 Å². The van der Waals surface area contributed by atoms with Crippen molar-refractivity contribution >= 4 is 29.4 Å². The van der Waals surface area contributed by atoms with Gasteiger partial charge in [0.05, 0.1) is 18.4 Å². The number of amides is 3. The predicted octanol–water partition coefficient (Wildman–Crippen LogP) is 1.20. The fourth-order valence-corrected chi connectivity index (χ4v) is 2.18. The number of anilines is 1. The summed E-state index contributed by atoms with van der Waals surface area (Å²) in [6.07, 6.45) is 1.38. The molecular formula is C19H21N3O6. The third-order valence-corrected chi connectivity index (χ3v) is 3.88. The summed E-state index contributed by atoms with van der Waals surface area (Å²) in [6, 6.07) is 7.74. The first kappa shape index (κ1) is 20.7. The maximum Gasteiger partial charge on any atom is 0.338 e. The molecule has 2 N–H and O–H groups in total. The second-order valence-electron chi connectivity index (χ2n) is 5.96. The molecule has 0 aliphatic rings. The van der Waals surface area contributed by atoms with Crippen molar-refractivity contribution < 1.29 is 28.3 Å². The highest BCUT2D eigenvalue weighted by atomic mass is 16.5. The van der Waals surface area contributed by atoms with E-state index in [1.165, 1.54) is 38.6 Å². The Morgan fingerprint density at radius 1 is 1.18 bits per heavy atom. The van der Waals surface area contributed by atoms with E-state index in [0.29, 0.717) is 5.69 Å². The summed E-state index contributed by atoms with van der Waals surface area (Å²) in [5.41, 5.74) is 1.32. The number of nitrogens with one attached hydrogen (secondary N) is 2. The van der Waals surface area contributed by atoms with Gasteiger partial charge in [0.1, 0.15) is 0 Å². The Labute approximate surface area is 161 Å². The van der Waals surface area contributed by atoms with Crippen LogP contribution >= 0.6 is 0 Å². The van der Waals surface area contributed by atoms with E-state index in [9.17, 15) is 19.2 Å². The van der Waals surface area contributed by atoms with Crippen LogP contribution in [0.15, 0.2) is 41.0 Å². The van der Waals surface area contributed by atoms with Gasteiger partial charge in [0.15, 0.2) is 12.4 Å². The number of esters is 1. The van der Waals surface area contributed by atoms with Crippen molar-refractivity contribution in [3.05, 3.63) is 53.5 Å². The van der Waals surface area contributed by atoms with Crippen molar-refractivity contribution in [1.82, 2.24) is 10.2 Å². The molecule has 9 heteroatoms. The third kappa shape index (κ3) is 5.44. The molecule has 1 aromatic carbocycles. The molecule has 1 heterocycles. The van der Waals surface area contributed by atoms with Crippen molar-refractivity contribution in [3.63, 3.8) is 0 Å². The van der Waals surface area contributed by atoms with E-state index in [4.69, 9.17) is 9.15 Å². The van der Waals surface area contributed by atoms with Gasteiger partial charge in [-0.1, -0.05) is 6.07 Å². The number of hydrogen-bond donors (Lipinski definition) is 2.